The summed E-state index contributed by atoms with van der Waals surface area (Å²) in [5, 5.41) is 19.2. The van der Waals surface area contributed by atoms with Crippen molar-refractivity contribution >= 4 is 11.8 Å². The molecule has 5 nitrogen and oxygen atoms in total. The van der Waals surface area contributed by atoms with Crippen LogP contribution >= 0.6 is 11.8 Å². The molecule has 0 radical (unpaired) electrons. The van der Waals surface area contributed by atoms with Gasteiger partial charge in [0.15, 0.2) is 5.16 Å². The van der Waals surface area contributed by atoms with E-state index in [1.807, 2.05) is 0 Å². The van der Waals surface area contributed by atoms with Gasteiger partial charge in [-0.3, -0.25) is 0 Å². The summed E-state index contributed by atoms with van der Waals surface area (Å²) in [4.78, 5) is 0. The molecule has 2 aliphatic carbocycles. The maximum absolute atomic E-state index is 9.50. The lowest BCUT2D eigenvalue weighted by Gasteiger charge is -2.20. The fourth-order valence-electron chi connectivity index (χ4n) is 2.32. The molecular formula is C13H22N4OS. The number of nitrogens with two attached hydrogens (primary N) is 1. The average molecular weight is 282 g/mol. The standard InChI is InChI=1S/C13H22N4OS/c1-2-10(14)11(7-18)19-13-16-15-12(8-3-4-8)17(13)9-5-6-9/h8-11,18H,2-7,14H2,1H3. The van der Waals surface area contributed by atoms with E-state index in [0.717, 1.165) is 17.4 Å². The van der Waals surface area contributed by atoms with Gasteiger partial charge < -0.3 is 15.4 Å². The predicted octanol–water partition coefficient (Wildman–Crippen LogP) is 1.68. The first kappa shape index (κ1) is 13.4. The molecule has 2 aliphatic rings. The fraction of sp³-hybridized carbons (Fsp3) is 0.846. The largest absolute Gasteiger partial charge is 0.395 e. The van der Waals surface area contributed by atoms with Gasteiger partial charge in [0.2, 0.25) is 0 Å². The maximum atomic E-state index is 9.50. The van der Waals surface area contributed by atoms with Gasteiger partial charge in [-0.05, 0) is 32.1 Å². The van der Waals surface area contributed by atoms with Crippen LogP contribution in [0.25, 0.3) is 0 Å². The third-order valence-corrected chi connectivity index (χ3v) is 5.22. The SMILES string of the molecule is CCC(N)C(CO)Sc1nnc(C2CC2)n1C1CC1. The Bertz CT molecular complexity index is 442. The van der Waals surface area contributed by atoms with Crippen LogP contribution in [-0.4, -0.2) is 37.8 Å². The highest BCUT2D eigenvalue weighted by Gasteiger charge is 2.37. The number of thioether (sulfide) groups is 1. The number of aliphatic hydroxyl groups is 1. The molecule has 1 heterocycles. The monoisotopic (exact) mass is 282 g/mol. The van der Waals surface area contributed by atoms with Crippen LogP contribution < -0.4 is 5.73 Å². The van der Waals surface area contributed by atoms with Crippen LogP contribution in [0.1, 0.15) is 56.8 Å². The molecule has 0 amide bonds. The first-order valence-corrected chi connectivity index (χ1v) is 8.10. The number of aliphatic hydroxyl groups excluding tert-OH is 1. The van der Waals surface area contributed by atoms with Crippen LogP contribution in [0.5, 0.6) is 0 Å². The van der Waals surface area contributed by atoms with E-state index < -0.39 is 0 Å². The summed E-state index contributed by atoms with van der Waals surface area (Å²) in [5.41, 5.74) is 6.06. The van der Waals surface area contributed by atoms with Gasteiger partial charge in [-0.2, -0.15) is 0 Å². The summed E-state index contributed by atoms with van der Waals surface area (Å²) in [5.74, 6) is 1.78. The molecule has 3 rings (SSSR count). The van der Waals surface area contributed by atoms with E-state index in [4.69, 9.17) is 5.73 Å². The normalized spacial score (nSPS) is 22.5. The molecule has 0 aliphatic heterocycles. The molecular weight excluding hydrogens is 260 g/mol. The van der Waals surface area contributed by atoms with Gasteiger partial charge in [0, 0.05) is 18.0 Å². The highest BCUT2D eigenvalue weighted by molar-refractivity contribution is 7.99. The van der Waals surface area contributed by atoms with Crippen molar-refractivity contribution in [3.63, 3.8) is 0 Å². The van der Waals surface area contributed by atoms with E-state index in [9.17, 15) is 5.11 Å². The third kappa shape index (κ3) is 2.80. The van der Waals surface area contributed by atoms with Crippen LogP contribution in [0.3, 0.4) is 0 Å². The van der Waals surface area contributed by atoms with Crippen molar-refractivity contribution < 1.29 is 5.11 Å². The highest BCUT2D eigenvalue weighted by atomic mass is 32.2. The topological polar surface area (TPSA) is 77.0 Å². The lowest BCUT2D eigenvalue weighted by Crippen LogP contribution is -2.34. The second-order valence-corrected chi connectivity index (χ2v) is 6.83. The molecule has 19 heavy (non-hydrogen) atoms. The minimum Gasteiger partial charge on any atom is -0.395 e. The van der Waals surface area contributed by atoms with Crippen molar-refractivity contribution in [2.75, 3.05) is 6.61 Å². The molecule has 2 unspecified atom stereocenters. The second kappa shape index (κ2) is 5.42. The molecule has 0 spiro atoms. The Morgan fingerprint density at radius 1 is 1.37 bits per heavy atom. The van der Waals surface area contributed by atoms with Crippen molar-refractivity contribution in [1.29, 1.82) is 0 Å². The van der Waals surface area contributed by atoms with Crippen molar-refractivity contribution in [2.45, 2.75) is 67.4 Å². The van der Waals surface area contributed by atoms with Crippen molar-refractivity contribution in [2.24, 2.45) is 5.73 Å². The Labute approximate surface area is 118 Å². The minimum atomic E-state index is 0.00345. The number of hydrogen-bond donors (Lipinski definition) is 2. The molecule has 2 atom stereocenters. The van der Waals surface area contributed by atoms with Gasteiger partial charge in [-0.25, -0.2) is 0 Å². The summed E-state index contributed by atoms with van der Waals surface area (Å²) in [6.07, 6.45) is 5.82. The molecule has 2 saturated carbocycles. The van der Waals surface area contributed by atoms with Gasteiger partial charge in [0.05, 0.1) is 11.9 Å². The zero-order valence-corrected chi connectivity index (χ0v) is 12.1. The number of nitrogens with zero attached hydrogens (tertiary/aromatic N) is 3. The predicted molar refractivity (Wildman–Crippen MR) is 75.3 cm³/mol. The molecule has 1 aromatic heterocycles. The van der Waals surface area contributed by atoms with E-state index in [1.54, 1.807) is 11.8 Å². The summed E-state index contributed by atoms with van der Waals surface area (Å²) in [7, 11) is 0. The van der Waals surface area contributed by atoms with Crippen LogP contribution in [-0.2, 0) is 0 Å². The summed E-state index contributed by atoms with van der Waals surface area (Å²) in [6.45, 7) is 2.14. The summed E-state index contributed by atoms with van der Waals surface area (Å²) >= 11 is 1.60. The minimum absolute atomic E-state index is 0.00345. The Hall–Kier alpha value is -0.590. The van der Waals surface area contributed by atoms with Crippen molar-refractivity contribution in [3.8, 4) is 0 Å². The molecule has 0 saturated heterocycles. The molecule has 3 N–H and O–H groups in total. The Kier molecular flexibility index (Phi) is 3.82. The van der Waals surface area contributed by atoms with E-state index in [2.05, 4.69) is 21.7 Å². The molecule has 6 heteroatoms. The Morgan fingerprint density at radius 2 is 2.11 bits per heavy atom. The highest BCUT2D eigenvalue weighted by Crippen LogP contribution is 2.46. The molecule has 2 fully saturated rings. The summed E-state index contributed by atoms with van der Waals surface area (Å²) < 4.78 is 2.31. The lowest BCUT2D eigenvalue weighted by atomic mass is 10.2. The van der Waals surface area contributed by atoms with E-state index in [-0.39, 0.29) is 17.9 Å². The second-order valence-electron chi connectivity index (χ2n) is 5.63. The summed E-state index contributed by atoms with van der Waals surface area (Å²) in [6, 6.07) is 0.592. The van der Waals surface area contributed by atoms with Crippen molar-refractivity contribution in [1.82, 2.24) is 14.8 Å². The maximum Gasteiger partial charge on any atom is 0.191 e. The molecule has 0 bridgehead atoms. The van der Waals surface area contributed by atoms with Gasteiger partial charge in [-0.1, -0.05) is 18.7 Å². The average Bonchev–Trinajstić information content (AvgIpc) is 3.33. The first-order valence-electron chi connectivity index (χ1n) is 7.22. The fourth-order valence-corrected chi connectivity index (χ4v) is 3.48. The van der Waals surface area contributed by atoms with E-state index in [1.165, 1.54) is 25.7 Å². The zero-order chi connectivity index (χ0) is 13.4. The van der Waals surface area contributed by atoms with Crippen LogP contribution in [0.4, 0.5) is 0 Å². The molecule has 0 aromatic carbocycles. The number of rotatable bonds is 7. The van der Waals surface area contributed by atoms with Crippen molar-refractivity contribution in [3.05, 3.63) is 5.82 Å². The van der Waals surface area contributed by atoms with E-state index in [0.29, 0.717) is 12.0 Å². The number of hydrogen-bond acceptors (Lipinski definition) is 5. The van der Waals surface area contributed by atoms with Crippen LogP contribution in [0.2, 0.25) is 0 Å². The van der Waals surface area contributed by atoms with Crippen LogP contribution in [0.15, 0.2) is 5.16 Å². The molecule has 106 valence electrons. The Morgan fingerprint density at radius 3 is 2.63 bits per heavy atom. The Balaban J connectivity index is 1.79. The van der Waals surface area contributed by atoms with Gasteiger partial charge >= 0.3 is 0 Å². The van der Waals surface area contributed by atoms with Crippen LogP contribution in [0, 0.1) is 0 Å². The quantitative estimate of drug-likeness (QED) is 0.744. The van der Waals surface area contributed by atoms with Gasteiger partial charge in [0.1, 0.15) is 5.82 Å². The smallest absolute Gasteiger partial charge is 0.191 e. The zero-order valence-electron chi connectivity index (χ0n) is 11.3. The third-order valence-electron chi connectivity index (χ3n) is 3.93. The van der Waals surface area contributed by atoms with E-state index >= 15 is 0 Å². The number of aromatic nitrogens is 3. The first-order chi connectivity index (χ1) is 9.24. The lowest BCUT2D eigenvalue weighted by molar-refractivity contribution is 0.280. The molecule has 1 aromatic rings. The van der Waals surface area contributed by atoms with Gasteiger partial charge in [-0.15, -0.1) is 10.2 Å². The van der Waals surface area contributed by atoms with Gasteiger partial charge in [0.25, 0.3) is 0 Å².